The Bertz CT molecular complexity index is 752. The molecule has 1 fully saturated rings. The van der Waals surface area contributed by atoms with Crippen molar-refractivity contribution >= 4 is 23.0 Å². The van der Waals surface area contributed by atoms with E-state index in [4.69, 9.17) is 4.99 Å². The number of rotatable bonds is 6. The van der Waals surface area contributed by atoms with Gasteiger partial charge in [0.1, 0.15) is 5.82 Å². The standard InChI is InChI=1S/C20H28FN5S/c1-3-16-15-24-19(27-16)9-10-23-20(22-4-2)26-13-11-25(12-14-26)18-8-6-5-7-17(18)21/h5-8,15H,3-4,9-14H2,1-2H3,(H,22,23). The maximum atomic E-state index is 14.0. The largest absolute Gasteiger partial charge is 0.366 e. The van der Waals surface area contributed by atoms with E-state index >= 15 is 0 Å². The summed E-state index contributed by atoms with van der Waals surface area (Å²) in [4.78, 5) is 15.0. The molecule has 7 heteroatoms. The third-order valence-electron chi connectivity index (χ3n) is 4.64. The van der Waals surface area contributed by atoms with Crippen LogP contribution in [-0.4, -0.2) is 55.1 Å². The molecular formula is C20H28FN5S. The number of hydrogen-bond acceptors (Lipinski definition) is 4. The molecule has 0 radical (unpaired) electrons. The van der Waals surface area contributed by atoms with Gasteiger partial charge >= 0.3 is 0 Å². The van der Waals surface area contributed by atoms with Crippen LogP contribution in [0.5, 0.6) is 0 Å². The minimum atomic E-state index is -0.151. The molecule has 3 rings (SSSR count). The summed E-state index contributed by atoms with van der Waals surface area (Å²) in [5.74, 6) is 0.791. The Morgan fingerprint density at radius 1 is 1.22 bits per heavy atom. The van der Waals surface area contributed by atoms with Gasteiger partial charge in [-0.05, 0) is 25.5 Å². The van der Waals surface area contributed by atoms with Gasteiger partial charge in [0.05, 0.1) is 10.7 Å². The molecule has 0 atom stereocenters. The summed E-state index contributed by atoms with van der Waals surface area (Å²) in [6, 6.07) is 6.99. The van der Waals surface area contributed by atoms with Gasteiger partial charge in [0, 0.05) is 56.8 Å². The number of para-hydroxylation sites is 1. The molecule has 1 aromatic heterocycles. The number of aliphatic imine (C=N–C) groups is 1. The van der Waals surface area contributed by atoms with Crippen LogP contribution in [-0.2, 0) is 12.8 Å². The predicted octanol–water partition coefficient (Wildman–Crippen LogP) is 3.17. The maximum Gasteiger partial charge on any atom is 0.194 e. The number of guanidine groups is 1. The monoisotopic (exact) mass is 389 g/mol. The molecule has 0 aliphatic carbocycles. The summed E-state index contributed by atoms with van der Waals surface area (Å²) in [5.41, 5.74) is 0.689. The molecule has 2 aromatic rings. The van der Waals surface area contributed by atoms with Gasteiger partial charge in [-0.2, -0.15) is 0 Å². The van der Waals surface area contributed by atoms with Gasteiger partial charge in [-0.25, -0.2) is 9.37 Å². The Morgan fingerprint density at radius 2 is 2.00 bits per heavy atom. The molecule has 146 valence electrons. The average molecular weight is 390 g/mol. The van der Waals surface area contributed by atoms with Gasteiger partial charge in [-0.15, -0.1) is 11.3 Å². The smallest absolute Gasteiger partial charge is 0.194 e. The first-order chi connectivity index (χ1) is 13.2. The summed E-state index contributed by atoms with van der Waals surface area (Å²) < 4.78 is 14.0. The Labute approximate surface area is 164 Å². The Kier molecular flexibility index (Phi) is 7.04. The molecule has 0 spiro atoms. The topological polar surface area (TPSA) is 43.8 Å². The van der Waals surface area contributed by atoms with Crippen LogP contribution in [0.25, 0.3) is 0 Å². The summed E-state index contributed by atoms with van der Waals surface area (Å²) in [6.45, 7) is 9.04. The van der Waals surface area contributed by atoms with Crippen LogP contribution in [0.1, 0.15) is 23.7 Å². The third-order valence-corrected chi connectivity index (χ3v) is 5.85. The van der Waals surface area contributed by atoms with Crippen molar-refractivity contribution < 1.29 is 4.39 Å². The van der Waals surface area contributed by atoms with Crippen LogP contribution in [0.3, 0.4) is 0 Å². The molecule has 2 heterocycles. The molecule has 1 saturated heterocycles. The molecular weight excluding hydrogens is 361 g/mol. The molecule has 0 amide bonds. The van der Waals surface area contributed by atoms with Crippen molar-refractivity contribution in [2.75, 3.05) is 44.2 Å². The van der Waals surface area contributed by atoms with E-state index in [9.17, 15) is 4.39 Å². The predicted molar refractivity (Wildman–Crippen MR) is 111 cm³/mol. The lowest BCUT2D eigenvalue weighted by molar-refractivity contribution is 0.371. The van der Waals surface area contributed by atoms with Crippen molar-refractivity contribution in [2.45, 2.75) is 26.7 Å². The van der Waals surface area contributed by atoms with Crippen LogP contribution in [0.2, 0.25) is 0 Å². The maximum absolute atomic E-state index is 14.0. The number of aryl methyl sites for hydroxylation is 1. The number of hydrogen-bond donors (Lipinski definition) is 1. The van der Waals surface area contributed by atoms with Crippen LogP contribution in [0, 0.1) is 5.82 Å². The van der Waals surface area contributed by atoms with Gasteiger partial charge in [-0.1, -0.05) is 19.1 Å². The number of thiazole rings is 1. The highest BCUT2D eigenvalue weighted by atomic mass is 32.1. The van der Waals surface area contributed by atoms with Crippen molar-refractivity contribution in [1.29, 1.82) is 0 Å². The van der Waals surface area contributed by atoms with E-state index in [0.717, 1.165) is 63.1 Å². The molecule has 0 unspecified atom stereocenters. The highest BCUT2D eigenvalue weighted by Gasteiger charge is 2.21. The van der Waals surface area contributed by atoms with Gasteiger partial charge in [0.25, 0.3) is 0 Å². The first kappa shape index (κ1) is 19.6. The Balaban J connectivity index is 1.56. The number of nitrogens with zero attached hydrogens (tertiary/aromatic N) is 4. The zero-order valence-electron chi connectivity index (χ0n) is 16.1. The van der Waals surface area contributed by atoms with E-state index in [0.29, 0.717) is 5.69 Å². The van der Waals surface area contributed by atoms with Crippen molar-refractivity contribution in [3.8, 4) is 0 Å². The molecule has 27 heavy (non-hydrogen) atoms. The van der Waals surface area contributed by atoms with Gasteiger partial charge in [0.2, 0.25) is 0 Å². The van der Waals surface area contributed by atoms with E-state index in [-0.39, 0.29) is 5.82 Å². The van der Waals surface area contributed by atoms with E-state index in [1.165, 1.54) is 10.9 Å². The summed E-state index contributed by atoms with van der Waals surface area (Å²) >= 11 is 1.78. The SMILES string of the molecule is CCNC(=NCCc1ncc(CC)s1)N1CCN(c2ccccc2F)CC1. The highest BCUT2D eigenvalue weighted by Crippen LogP contribution is 2.20. The van der Waals surface area contributed by atoms with E-state index < -0.39 is 0 Å². The number of aromatic nitrogens is 1. The quantitative estimate of drug-likeness (QED) is 0.609. The van der Waals surface area contributed by atoms with Crippen molar-refractivity contribution in [3.05, 3.63) is 46.2 Å². The zero-order valence-corrected chi connectivity index (χ0v) is 16.9. The highest BCUT2D eigenvalue weighted by molar-refractivity contribution is 7.11. The van der Waals surface area contributed by atoms with Gasteiger partial charge in [0.15, 0.2) is 5.96 Å². The minimum Gasteiger partial charge on any atom is -0.366 e. The second-order valence-electron chi connectivity index (χ2n) is 6.49. The average Bonchev–Trinajstić information content (AvgIpc) is 3.16. The van der Waals surface area contributed by atoms with Crippen molar-refractivity contribution in [2.24, 2.45) is 4.99 Å². The second-order valence-corrected chi connectivity index (χ2v) is 7.68. The molecule has 5 nitrogen and oxygen atoms in total. The van der Waals surface area contributed by atoms with Gasteiger partial charge < -0.3 is 15.1 Å². The lowest BCUT2D eigenvalue weighted by atomic mass is 10.2. The molecule has 0 saturated carbocycles. The number of anilines is 1. The van der Waals surface area contributed by atoms with Crippen LogP contribution in [0.15, 0.2) is 35.5 Å². The first-order valence-electron chi connectivity index (χ1n) is 9.67. The number of benzene rings is 1. The van der Waals surface area contributed by atoms with E-state index in [1.807, 2.05) is 18.3 Å². The summed E-state index contributed by atoms with van der Waals surface area (Å²) in [6.07, 6.45) is 3.88. The fraction of sp³-hybridized carbons (Fsp3) is 0.500. The molecule has 0 bridgehead atoms. The second kappa shape index (κ2) is 9.69. The van der Waals surface area contributed by atoms with E-state index in [1.54, 1.807) is 17.4 Å². The molecule has 1 N–H and O–H groups in total. The Morgan fingerprint density at radius 3 is 2.67 bits per heavy atom. The minimum absolute atomic E-state index is 0.151. The molecule has 1 aromatic carbocycles. The number of piperazine rings is 1. The molecule has 1 aliphatic rings. The van der Waals surface area contributed by atoms with Crippen LogP contribution < -0.4 is 10.2 Å². The normalized spacial score (nSPS) is 15.3. The summed E-state index contributed by atoms with van der Waals surface area (Å²) in [5, 5.41) is 4.54. The van der Waals surface area contributed by atoms with Crippen LogP contribution in [0.4, 0.5) is 10.1 Å². The molecule has 1 aliphatic heterocycles. The summed E-state index contributed by atoms with van der Waals surface area (Å²) in [7, 11) is 0. The van der Waals surface area contributed by atoms with Crippen molar-refractivity contribution in [3.63, 3.8) is 0 Å². The lowest BCUT2D eigenvalue weighted by Gasteiger charge is -2.37. The first-order valence-corrected chi connectivity index (χ1v) is 10.5. The number of halogens is 1. The number of nitrogens with one attached hydrogen (secondary N) is 1. The van der Waals surface area contributed by atoms with Gasteiger partial charge in [-0.3, -0.25) is 4.99 Å². The lowest BCUT2D eigenvalue weighted by Crippen LogP contribution is -2.52. The Hall–Kier alpha value is -2.15. The fourth-order valence-corrected chi connectivity index (χ4v) is 4.03. The third kappa shape index (κ3) is 5.19. The van der Waals surface area contributed by atoms with E-state index in [2.05, 4.69) is 33.9 Å². The fourth-order valence-electron chi connectivity index (χ4n) is 3.18. The van der Waals surface area contributed by atoms with Crippen LogP contribution >= 0.6 is 11.3 Å². The van der Waals surface area contributed by atoms with Crippen molar-refractivity contribution in [1.82, 2.24) is 15.2 Å². The zero-order chi connectivity index (χ0) is 19.1.